The maximum Gasteiger partial charge on any atom is 0.166 e. The van der Waals surface area contributed by atoms with Gasteiger partial charge in [-0.15, -0.1) is 0 Å². The van der Waals surface area contributed by atoms with Gasteiger partial charge in [-0.05, 0) is 37.9 Å². The minimum absolute atomic E-state index is 0.713. The zero-order valence-electron chi connectivity index (χ0n) is 7.42. The molecule has 0 saturated heterocycles. The van der Waals surface area contributed by atoms with Crippen molar-refractivity contribution in [2.45, 2.75) is 0 Å². The first kappa shape index (κ1) is 9.93. The molecule has 0 atom stereocenters. The molecule has 0 aliphatic carbocycles. The number of fused-ring (bicyclic) bond motifs is 1. The molecule has 0 saturated carbocycles. The average molecular weight is 317 g/mol. The van der Waals surface area contributed by atoms with E-state index in [2.05, 4.69) is 36.8 Å². The zero-order valence-corrected chi connectivity index (χ0v) is 10.6. The van der Waals surface area contributed by atoms with Crippen LogP contribution in [0.5, 0.6) is 5.75 Å². The molecule has 2 nitrogen and oxygen atoms in total. The maximum absolute atomic E-state index is 5.23. The van der Waals surface area contributed by atoms with Crippen LogP contribution in [0.3, 0.4) is 0 Å². The standard InChI is InChI=1S/C10H7Br2NO/c1-14-9-8(11)6-4-2-3-5-7(6)13-10(9)12/h2-5H,1H3. The van der Waals surface area contributed by atoms with Crippen molar-refractivity contribution in [3.05, 3.63) is 33.3 Å². The molecule has 0 amide bonds. The van der Waals surface area contributed by atoms with Crippen LogP contribution in [0.4, 0.5) is 0 Å². The number of nitrogens with zero attached hydrogens (tertiary/aromatic N) is 1. The molecule has 0 unspecified atom stereocenters. The van der Waals surface area contributed by atoms with Crippen LogP contribution >= 0.6 is 31.9 Å². The SMILES string of the molecule is COc1c(Br)nc2ccccc2c1Br. The molecule has 0 spiro atoms. The Hall–Kier alpha value is -0.610. The van der Waals surface area contributed by atoms with Gasteiger partial charge in [-0.25, -0.2) is 4.98 Å². The van der Waals surface area contributed by atoms with Crippen molar-refractivity contribution in [2.24, 2.45) is 0 Å². The Bertz CT molecular complexity index is 485. The first-order valence-electron chi connectivity index (χ1n) is 4.01. The van der Waals surface area contributed by atoms with Crippen LogP contribution in [0, 0.1) is 0 Å². The van der Waals surface area contributed by atoms with E-state index in [0.29, 0.717) is 4.60 Å². The van der Waals surface area contributed by atoms with Crippen molar-refractivity contribution in [3.8, 4) is 5.75 Å². The van der Waals surface area contributed by atoms with Crippen LogP contribution in [-0.4, -0.2) is 12.1 Å². The lowest BCUT2D eigenvalue weighted by atomic mass is 10.2. The molecular formula is C10H7Br2NO. The summed E-state index contributed by atoms with van der Waals surface area (Å²) in [5.41, 5.74) is 0.937. The third kappa shape index (κ3) is 1.53. The maximum atomic E-state index is 5.23. The van der Waals surface area contributed by atoms with Gasteiger partial charge in [-0.1, -0.05) is 18.2 Å². The first-order valence-corrected chi connectivity index (χ1v) is 5.60. The van der Waals surface area contributed by atoms with Crippen LogP contribution in [0.1, 0.15) is 0 Å². The summed E-state index contributed by atoms with van der Waals surface area (Å²) in [6, 6.07) is 7.90. The predicted octanol–water partition coefficient (Wildman–Crippen LogP) is 3.77. The second-order valence-corrected chi connectivity index (χ2v) is 4.31. The predicted molar refractivity (Wildman–Crippen MR) is 63.7 cm³/mol. The van der Waals surface area contributed by atoms with Gasteiger partial charge in [0.2, 0.25) is 0 Å². The quantitative estimate of drug-likeness (QED) is 0.747. The van der Waals surface area contributed by atoms with E-state index < -0.39 is 0 Å². The second-order valence-electron chi connectivity index (χ2n) is 2.77. The Morgan fingerprint density at radius 1 is 1.21 bits per heavy atom. The number of halogens is 2. The van der Waals surface area contributed by atoms with E-state index in [1.807, 2.05) is 24.3 Å². The largest absolute Gasteiger partial charge is 0.493 e. The number of hydrogen-bond donors (Lipinski definition) is 0. The zero-order chi connectivity index (χ0) is 10.1. The second kappa shape index (κ2) is 3.87. The van der Waals surface area contributed by atoms with Gasteiger partial charge in [0.05, 0.1) is 17.1 Å². The fourth-order valence-corrected chi connectivity index (χ4v) is 2.80. The minimum atomic E-state index is 0.713. The Balaban J connectivity index is 2.86. The molecule has 0 aliphatic rings. The van der Waals surface area contributed by atoms with Crippen molar-refractivity contribution >= 4 is 42.8 Å². The average Bonchev–Trinajstić information content (AvgIpc) is 2.18. The molecule has 14 heavy (non-hydrogen) atoms. The Morgan fingerprint density at radius 3 is 2.64 bits per heavy atom. The van der Waals surface area contributed by atoms with E-state index in [1.54, 1.807) is 7.11 Å². The van der Waals surface area contributed by atoms with Gasteiger partial charge in [0.1, 0.15) is 4.60 Å². The summed E-state index contributed by atoms with van der Waals surface area (Å²) in [5.74, 6) is 0.726. The summed E-state index contributed by atoms with van der Waals surface area (Å²) in [6.45, 7) is 0. The molecule has 0 fully saturated rings. The van der Waals surface area contributed by atoms with Crippen molar-refractivity contribution in [3.63, 3.8) is 0 Å². The van der Waals surface area contributed by atoms with Gasteiger partial charge < -0.3 is 4.74 Å². The van der Waals surface area contributed by atoms with Crippen molar-refractivity contribution in [2.75, 3.05) is 7.11 Å². The number of ether oxygens (including phenoxy) is 1. The van der Waals surface area contributed by atoms with Gasteiger partial charge >= 0.3 is 0 Å². The molecule has 72 valence electrons. The Labute approximate surface area is 98.5 Å². The molecule has 0 aliphatic heterocycles. The molecule has 1 aromatic heterocycles. The van der Waals surface area contributed by atoms with Crippen LogP contribution in [0.2, 0.25) is 0 Å². The molecule has 4 heteroatoms. The van der Waals surface area contributed by atoms with Gasteiger partial charge in [0.15, 0.2) is 5.75 Å². The van der Waals surface area contributed by atoms with Crippen molar-refractivity contribution in [1.82, 2.24) is 4.98 Å². The smallest absolute Gasteiger partial charge is 0.166 e. The molecule has 0 bridgehead atoms. The summed E-state index contributed by atoms with van der Waals surface area (Å²) in [6.07, 6.45) is 0. The number of hydrogen-bond acceptors (Lipinski definition) is 2. The minimum Gasteiger partial charge on any atom is -0.493 e. The van der Waals surface area contributed by atoms with E-state index >= 15 is 0 Å². The highest BCUT2D eigenvalue weighted by Crippen LogP contribution is 2.36. The molecule has 1 aromatic carbocycles. The highest BCUT2D eigenvalue weighted by Gasteiger charge is 2.10. The van der Waals surface area contributed by atoms with Crippen LogP contribution in [0.25, 0.3) is 10.9 Å². The third-order valence-electron chi connectivity index (χ3n) is 1.95. The fraction of sp³-hybridized carbons (Fsp3) is 0.100. The summed E-state index contributed by atoms with van der Waals surface area (Å²) < 4.78 is 6.87. The lowest BCUT2D eigenvalue weighted by Crippen LogP contribution is -1.90. The van der Waals surface area contributed by atoms with Crippen LogP contribution in [0.15, 0.2) is 33.3 Å². The summed E-state index contributed by atoms with van der Waals surface area (Å²) in [7, 11) is 1.63. The highest BCUT2D eigenvalue weighted by molar-refractivity contribution is 9.11. The van der Waals surface area contributed by atoms with Crippen molar-refractivity contribution in [1.29, 1.82) is 0 Å². The number of benzene rings is 1. The fourth-order valence-electron chi connectivity index (χ4n) is 1.30. The lowest BCUT2D eigenvalue weighted by Gasteiger charge is -2.07. The van der Waals surface area contributed by atoms with Gasteiger partial charge in [0, 0.05) is 5.39 Å². The molecular weight excluding hydrogens is 310 g/mol. The Kier molecular flexibility index (Phi) is 2.74. The highest BCUT2D eigenvalue weighted by atomic mass is 79.9. The molecule has 2 rings (SSSR count). The van der Waals surface area contributed by atoms with Crippen LogP contribution < -0.4 is 4.74 Å². The summed E-state index contributed by atoms with van der Waals surface area (Å²) >= 11 is 6.86. The Morgan fingerprint density at radius 2 is 1.93 bits per heavy atom. The van der Waals surface area contributed by atoms with E-state index in [0.717, 1.165) is 21.1 Å². The first-order chi connectivity index (χ1) is 6.74. The van der Waals surface area contributed by atoms with Gasteiger partial charge in [-0.3, -0.25) is 0 Å². The lowest BCUT2D eigenvalue weighted by molar-refractivity contribution is 0.408. The molecule has 2 aromatic rings. The molecule has 1 heterocycles. The van der Waals surface area contributed by atoms with E-state index in [1.165, 1.54) is 0 Å². The molecule has 0 radical (unpaired) electrons. The number of para-hydroxylation sites is 1. The van der Waals surface area contributed by atoms with Gasteiger partial charge in [-0.2, -0.15) is 0 Å². The topological polar surface area (TPSA) is 22.1 Å². The third-order valence-corrected chi connectivity index (χ3v) is 3.27. The number of methoxy groups -OCH3 is 1. The van der Waals surface area contributed by atoms with E-state index in [9.17, 15) is 0 Å². The van der Waals surface area contributed by atoms with E-state index in [4.69, 9.17) is 4.74 Å². The summed E-state index contributed by atoms with van der Waals surface area (Å²) in [4.78, 5) is 4.37. The van der Waals surface area contributed by atoms with Crippen LogP contribution in [-0.2, 0) is 0 Å². The normalized spacial score (nSPS) is 10.5. The van der Waals surface area contributed by atoms with Gasteiger partial charge in [0.25, 0.3) is 0 Å². The van der Waals surface area contributed by atoms with Crippen molar-refractivity contribution < 1.29 is 4.74 Å². The summed E-state index contributed by atoms with van der Waals surface area (Å²) in [5, 5.41) is 1.05. The number of aromatic nitrogens is 1. The monoisotopic (exact) mass is 315 g/mol. The molecule has 0 N–H and O–H groups in total. The van der Waals surface area contributed by atoms with E-state index in [-0.39, 0.29) is 0 Å². The number of rotatable bonds is 1. The number of pyridine rings is 1.